The number of fused-ring (bicyclic) bond motifs is 2. The molecular weight excluding hydrogens is 174 g/mol. The zero-order chi connectivity index (χ0) is 9.38. The summed E-state index contributed by atoms with van der Waals surface area (Å²) in [5, 5.41) is 10.3. The molecule has 14 heavy (non-hydrogen) atoms. The van der Waals surface area contributed by atoms with Gasteiger partial charge >= 0.3 is 0 Å². The quantitative estimate of drug-likeness (QED) is 0.769. The van der Waals surface area contributed by atoms with E-state index in [1.165, 1.54) is 25.7 Å². The Labute approximate surface area is 84.3 Å². The fourth-order valence-electron chi connectivity index (χ4n) is 3.22. The maximum absolute atomic E-state index is 3.93. The van der Waals surface area contributed by atoms with Crippen LogP contribution in [0.2, 0.25) is 0 Å². The van der Waals surface area contributed by atoms with Gasteiger partial charge in [0.25, 0.3) is 0 Å². The lowest BCUT2D eigenvalue weighted by molar-refractivity contribution is 0.348. The van der Waals surface area contributed by atoms with Gasteiger partial charge in [0.2, 0.25) is 0 Å². The fourth-order valence-corrected chi connectivity index (χ4v) is 3.22. The van der Waals surface area contributed by atoms with E-state index in [1.807, 2.05) is 6.07 Å². The van der Waals surface area contributed by atoms with Crippen molar-refractivity contribution in [1.29, 1.82) is 0 Å². The Hall–Kier alpha value is -0.990. The van der Waals surface area contributed by atoms with E-state index in [0.29, 0.717) is 0 Å². The predicted octanol–water partition coefficient (Wildman–Crippen LogP) is 2.26. The lowest BCUT2D eigenvalue weighted by Gasteiger charge is -2.21. The lowest BCUT2D eigenvalue weighted by atomic mass is 9.89. The zero-order valence-corrected chi connectivity index (χ0v) is 8.37. The van der Waals surface area contributed by atoms with Gasteiger partial charge in [-0.05, 0) is 43.1 Å². The average Bonchev–Trinajstić information content (AvgIpc) is 2.91. The number of anilines is 1. The van der Waals surface area contributed by atoms with Crippen LogP contribution in [0.1, 0.15) is 25.7 Å². The lowest BCUT2D eigenvalue weighted by Crippen LogP contribution is -2.20. The molecule has 2 fully saturated rings. The zero-order valence-electron chi connectivity index (χ0n) is 8.37. The monoisotopic (exact) mass is 191 g/mol. The van der Waals surface area contributed by atoms with E-state index in [1.54, 1.807) is 6.20 Å². The van der Waals surface area contributed by atoms with E-state index < -0.39 is 0 Å². The number of nitrogens with one attached hydrogen (secondary N) is 2. The van der Waals surface area contributed by atoms with Crippen LogP contribution in [0.5, 0.6) is 0 Å². The smallest absolute Gasteiger partial charge is 0.121 e. The molecule has 76 valence electrons. The normalized spacial score (nSPS) is 35.0. The van der Waals surface area contributed by atoms with Gasteiger partial charge in [0.1, 0.15) is 5.82 Å². The van der Waals surface area contributed by atoms with Crippen molar-refractivity contribution < 1.29 is 0 Å². The van der Waals surface area contributed by atoms with E-state index in [4.69, 9.17) is 0 Å². The Morgan fingerprint density at radius 1 is 1.43 bits per heavy atom. The molecule has 0 saturated heterocycles. The van der Waals surface area contributed by atoms with Crippen molar-refractivity contribution in [1.82, 2.24) is 10.2 Å². The largest absolute Gasteiger partial charge is 0.370 e. The van der Waals surface area contributed by atoms with Crippen LogP contribution in [-0.2, 0) is 0 Å². The Bertz CT molecular complexity index is 293. The molecule has 3 nitrogen and oxygen atoms in total. The van der Waals surface area contributed by atoms with Gasteiger partial charge in [-0.15, -0.1) is 0 Å². The summed E-state index contributed by atoms with van der Waals surface area (Å²) < 4.78 is 0. The first kappa shape index (κ1) is 8.33. The Morgan fingerprint density at radius 3 is 3.07 bits per heavy atom. The third-order valence-corrected chi connectivity index (χ3v) is 3.94. The molecule has 0 spiro atoms. The molecule has 3 unspecified atom stereocenters. The van der Waals surface area contributed by atoms with E-state index in [0.717, 1.165) is 30.1 Å². The number of rotatable bonds is 3. The summed E-state index contributed by atoms with van der Waals surface area (Å²) >= 11 is 0. The highest BCUT2D eigenvalue weighted by Gasteiger charge is 2.38. The van der Waals surface area contributed by atoms with Gasteiger partial charge in [0, 0.05) is 6.54 Å². The molecule has 2 aliphatic rings. The summed E-state index contributed by atoms with van der Waals surface area (Å²) in [7, 11) is 0. The number of aromatic nitrogens is 2. The average molecular weight is 191 g/mol. The number of hydrogen-bond acceptors (Lipinski definition) is 2. The van der Waals surface area contributed by atoms with Crippen LogP contribution in [0.15, 0.2) is 12.3 Å². The molecule has 3 atom stereocenters. The van der Waals surface area contributed by atoms with Gasteiger partial charge in [-0.1, -0.05) is 6.42 Å². The fraction of sp³-hybridized carbons (Fsp3) is 0.727. The van der Waals surface area contributed by atoms with Crippen molar-refractivity contribution in [2.75, 3.05) is 11.9 Å². The second-order valence-electron chi connectivity index (χ2n) is 4.79. The van der Waals surface area contributed by atoms with Gasteiger partial charge in [-0.25, -0.2) is 0 Å². The van der Waals surface area contributed by atoms with Crippen LogP contribution in [0.3, 0.4) is 0 Å². The number of nitrogens with zero attached hydrogens (tertiary/aromatic N) is 1. The van der Waals surface area contributed by atoms with Gasteiger partial charge in [-0.3, -0.25) is 5.10 Å². The topological polar surface area (TPSA) is 40.7 Å². The minimum atomic E-state index is 0.914. The summed E-state index contributed by atoms with van der Waals surface area (Å²) in [5.41, 5.74) is 0. The minimum Gasteiger partial charge on any atom is -0.370 e. The summed E-state index contributed by atoms with van der Waals surface area (Å²) in [6, 6.07) is 1.99. The molecule has 0 radical (unpaired) electrons. The van der Waals surface area contributed by atoms with Gasteiger partial charge in [0.15, 0.2) is 0 Å². The first-order valence-corrected chi connectivity index (χ1v) is 5.65. The highest BCUT2D eigenvalue weighted by molar-refractivity contribution is 5.31. The van der Waals surface area contributed by atoms with Crippen molar-refractivity contribution in [3.05, 3.63) is 12.3 Å². The molecule has 3 heteroatoms. The van der Waals surface area contributed by atoms with Crippen LogP contribution in [0, 0.1) is 17.8 Å². The van der Waals surface area contributed by atoms with E-state index in [-0.39, 0.29) is 0 Å². The van der Waals surface area contributed by atoms with E-state index in [9.17, 15) is 0 Å². The molecule has 0 aromatic carbocycles. The second kappa shape index (κ2) is 3.30. The summed E-state index contributed by atoms with van der Waals surface area (Å²) in [4.78, 5) is 0. The molecule has 2 saturated carbocycles. The van der Waals surface area contributed by atoms with Crippen LogP contribution < -0.4 is 5.32 Å². The van der Waals surface area contributed by atoms with Crippen molar-refractivity contribution in [2.45, 2.75) is 25.7 Å². The van der Waals surface area contributed by atoms with Crippen LogP contribution in [0.4, 0.5) is 5.82 Å². The first-order valence-electron chi connectivity index (χ1n) is 5.65. The van der Waals surface area contributed by atoms with Crippen molar-refractivity contribution in [2.24, 2.45) is 17.8 Å². The standard InChI is InChI=1S/C11H17N3/c1-2-9-5-8(1)6-10(9)7-12-11-3-4-13-14-11/h3-4,8-10H,1-2,5-7H2,(H2,12,13,14). The highest BCUT2D eigenvalue weighted by Crippen LogP contribution is 2.48. The second-order valence-corrected chi connectivity index (χ2v) is 4.79. The minimum absolute atomic E-state index is 0.914. The molecule has 1 aromatic heterocycles. The molecular formula is C11H17N3. The molecule has 1 aromatic rings. The number of H-pyrrole nitrogens is 1. The summed E-state index contributed by atoms with van der Waals surface area (Å²) in [6.45, 7) is 1.13. The van der Waals surface area contributed by atoms with Crippen LogP contribution in [0.25, 0.3) is 0 Å². The van der Waals surface area contributed by atoms with Gasteiger partial charge in [0.05, 0.1) is 6.20 Å². The van der Waals surface area contributed by atoms with Crippen molar-refractivity contribution in [3.8, 4) is 0 Å². The van der Waals surface area contributed by atoms with Gasteiger partial charge in [-0.2, -0.15) is 5.10 Å². The first-order chi connectivity index (χ1) is 6.92. The predicted molar refractivity (Wildman–Crippen MR) is 56.0 cm³/mol. The molecule has 2 N–H and O–H groups in total. The Kier molecular flexibility index (Phi) is 1.96. The van der Waals surface area contributed by atoms with Crippen molar-refractivity contribution >= 4 is 5.82 Å². The summed E-state index contributed by atoms with van der Waals surface area (Å²) in [5.74, 6) is 4.04. The number of hydrogen-bond donors (Lipinski definition) is 2. The van der Waals surface area contributed by atoms with Crippen LogP contribution in [-0.4, -0.2) is 16.7 Å². The molecule has 1 heterocycles. The SMILES string of the molecule is c1cc(NCC2CC3CCC2C3)[nH]n1. The maximum atomic E-state index is 3.93. The summed E-state index contributed by atoms with van der Waals surface area (Å²) in [6.07, 6.45) is 7.70. The van der Waals surface area contributed by atoms with E-state index >= 15 is 0 Å². The third kappa shape index (κ3) is 1.41. The molecule has 0 aliphatic heterocycles. The Morgan fingerprint density at radius 2 is 2.43 bits per heavy atom. The number of aromatic amines is 1. The van der Waals surface area contributed by atoms with E-state index in [2.05, 4.69) is 15.5 Å². The molecule has 3 rings (SSSR count). The molecule has 2 bridgehead atoms. The maximum Gasteiger partial charge on any atom is 0.121 e. The Balaban J connectivity index is 1.54. The molecule has 0 amide bonds. The van der Waals surface area contributed by atoms with Crippen molar-refractivity contribution in [3.63, 3.8) is 0 Å². The highest BCUT2D eigenvalue weighted by atomic mass is 15.2. The molecule has 2 aliphatic carbocycles. The van der Waals surface area contributed by atoms with Gasteiger partial charge < -0.3 is 5.32 Å². The van der Waals surface area contributed by atoms with Crippen LogP contribution >= 0.6 is 0 Å². The third-order valence-electron chi connectivity index (χ3n) is 3.94.